The summed E-state index contributed by atoms with van der Waals surface area (Å²) in [5.74, 6) is 0.0595. The third-order valence-electron chi connectivity index (χ3n) is 18.0. The third kappa shape index (κ3) is 69.0. The first kappa shape index (κ1) is 93.1. The van der Waals surface area contributed by atoms with Crippen LogP contribution in [0.2, 0.25) is 0 Å². The van der Waals surface area contributed by atoms with Gasteiger partial charge in [0.1, 0.15) is 19.3 Å². The van der Waals surface area contributed by atoms with E-state index >= 15 is 0 Å². The molecular weight excluding hydrogens is 1250 g/mol. The highest BCUT2D eigenvalue weighted by atomic mass is 31.2. The smallest absolute Gasteiger partial charge is 0.462 e. The molecule has 17 nitrogen and oxygen atoms in total. The number of carbonyl (C=O) groups is 4. The second-order valence-corrected chi connectivity index (χ2v) is 31.5. The third-order valence-corrected chi connectivity index (χ3v) is 19.9. The van der Waals surface area contributed by atoms with Crippen molar-refractivity contribution in [2.45, 2.75) is 407 Å². The molecule has 0 rings (SSSR count). The summed E-state index contributed by atoms with van der Waals surface area (Å²) in [5, 5.41) is 10.6. The Balaban J connectivity index is 5.17. The Kier molecular flexibility index (Phi) is 65.2. The van der Waals surface area contributed by atoms with E-state index < -0.39 is 97.5 Å². The van der Waals surface area contributed by atoms with Gasteiger partial charge in [-0.15, -0.1) is 0 Å². The summed E-state index contributed by atoms with van der Waals surface area (Å²) in [6, 6.07) is 0. The summed E-state index contributed by atoms with van der Waals surface area (Å²) in [6.45, 7) is 11.8. The van der Waals surface area contributed by atoms with Crippen molar-refractivity contribution >= 4 is 39.5 Å². The summed E-state index contributed by atoms with van der Waals surface area (Å²) in [5.41, 5.74) is 0. The highest BCUT2D eigenvalue weighted by Gasteiger charge is 2.30. The van der Waals surface area contributed by atoms with Gasteiger partial charge in [-0.05, 0) is 43.4 Å². The Bertz CT molecular complexity index is 1850. The monoisotopic (exact) mass is 1400 g/mol. The quantitative estimate of drug-likeness (QED) is 0.0222. The molecule has 6 atom stereocenters. The number of unbranched alkanes of at least 4 members (excludes halogenated alkanes) is 41. The molecule has 0 radical (unpaired) electrons. The van der Waals surface area contributed by atoms with E-state index in [2.05, 4.69) is 48.5 Å². The van der Waals surface area contributed by atoms with Gasteiger partial charge in [-0.3, -0.25) is 37.3 Å². The summed E-state index contributed by atoms with van der Waals surface area (Å²) in [7, 11) is -9.91. The molecule has 564 valence electrons. The fourth-order valence-electron chi connectivity index (χ4n) is 11.6. The van der Waals surface area contributed by atoms with Crippen molar-refractivity contribution in [2.24, 2.45) is 17.8 Å². The van der Waals surface area contributed by atoms with E-state index in [0.29, 0.717) is 37.5 Å². The first-order chi connectivity index (χ1) is 45.8. The van der Waals surface area contributed by atoms with Gasteiger partial charge in [-0.2, -0.15) is 0 Å². The maximum absolute atomic E-state index is 13.1. The predicted molar refractivity (Wildman–Crippen MR) is 386 cm³/mol. The molecule has 0 heterocycles. The minimum atomic E-state index is -4.96. The van der Waals surface area contributed by atoms with Gasteiger partial charge >= 0.3 is 39.5 Å². The molecule has 3 unspecified atom stereocenters. The Morgan fingerprint density at radius 2 is 0.537 bits per heavy atom. The van der Waals surface area contributed by atoms with E-state index in [1.54, 1.807) is 0 Å². The number of aliphatic hydroxyl groups is 1. The van der Waals surface area contributed by atoms with Crippen LogP contribution in [0.4, 0.5) is 0 Å². The van der Waals surface area contributed by atoms with Gasteiger partial charge in [-0.1, -0.05) is 337 Å². The van der Waals surface area contributed by atoms with Gasteiger partial charge in [0.25, 0.3) is 0 Å². The van der Waals surface area contributed by atoms with Gasteiger partial charge in [0.05, 0.1) is 26.4 Å². The number of hydrogen-bond acceptors (Lipinski definition) is 15. The zero-order valence-corrected chi connectivity index (χ0v) is 63.9. The number of aliphatic hydroxyl groups excluding tert-OH is 1. The van der Waals surface area contributed by atoms with Crippen LogP contribution in [0.1, 0.15) is 389 Å². The van der Waals surface area contributed by atoms with Gasteiger partial charge < -0.3 is 33.8 Å². The molecule has 95 heavy (non-hydrogen) atoms. The topological polar surface area (TPSA) is 237 Å². The normalized spacial score (nSPS) is 14.4. The average Bonchev–Trinajstić information content (AvgIpc) is 1.34. The standard InChI is InChI=1S/C76H148O17P2/c1-8-10-11-12-13-14-15-16-17-18-19-20-21-22-23-24-25-26-31-36-45-52-59-75(80)92-71(63-86-73(78)57-50-43-35-30-28-27-29-34-42-49-56-69(7)9-2)65-90-94(82,83)88-61-70(77)62-89-95(84,85)91-66-72(64-87-74(79)58-51-44-39-38-41-48-55-68(5)6)93-76(81)60-53-46-37-32-33-40-47-54-67(3)4/h67-72,77H,8-66H2,1-7H3,(H,82,83)(H,84,85)/t69?,70-,71-,72-/m1/s1. The van der Waals surface area contributed by atoms with Crippen molar-refractivity contribution in [3.63, 3.8) is 0 Å². The van der Waals surface area contributed by atoms with E-state index in [-0.39, 0.29) is 25.7 Å². The van der Waals surface area contributed by atoms with Crippen LogP contribution in [-0.4, -0.2) is 96.7 Å². The minimum absolute atomic E-state index is 0.102. The van der Waals surface area contributed by atoms with Crippen molar-refractivity contribution in [1.82, 2.24) is 0 Å². The van der Waals surface area contributed by atoms with Gasteiger partial charge in [-0.25, -0.2) is 9.13 Å². The van der Waals surface area contributed by atoms with Crippen LogP contribution in [0.3, 0.4) is 0 Å². The molecule has 0 aromatic heterocycles. The summed E-state index contributed by atoms with van der Waals surface area (Å²) < 4.78 is 68.4. The molecule has 0 fully saturated rings. The zero-order valence-electron chi connectivity index (χ0n) is 62.1. The fraction of sp³-hybridized carbons (Fsp3) is 0.947. The predicted octanol–water partition coefficient (Wildman–Crippen LogP) is 22.2. The second-order valence-electron chi connectivity index (χ2n) is 28.6. The molecular formula is C76H148O17P2. The van der Waals surface area contributed by atoms with Crippen LogP contribution in [0.15, 0.2) is 0 Å². The van der Waals surface area contributed by atoms with E-state index in [0.717, 1.165) is 102 Å². The first-order valence-corrected chi connectivity index (χ1v) is 42.4. The maximum Gasteiger partial charge on any atom is 0.472 e. The molecule has 0 saturated carbocycles. The lowest BCUT2D eigenvalue weighted by atomic mass is 9.99. The van der Waals surface area contributed by atoms with Crippen LogP contribution < -0.4 is 0 Å². The molecule has 0 aliphatic carbocycles. The number of phosphoric acid groups is 2. The molecule has 0 aliphatic heterocycles. The van der Waals surface area contributed by atoms with Crippen LogP contribution >= 0.6 is 15.6 Å². The number of rotatable bonds is 74. The number of phosphoric ester groups is 2. The summed E-state index contributed by atoms with van der Waals surface area (Å²) in [4.78, 5) is 72.7. The molecule has 0 saturated heterocycles. The molecule has 19 heteroatoms. The lowest BCUT2D eigenvalue weighted by Crippen LogP contribution is -2.30. The second kappa shape index (κ2) is 66.6. The maximum atomic E-state index is 13.1. The average molecular weight is 1400 g/mol. The van der Waals surface area contributed by atoms with Crippen molar-refractivity contribution in [3.8, 4) is 0 Å². The first-order valence-electron chi connectivity index (χ1n) is 39.4. The molecule has 0 aromatic carbocycles. The van der Waals surface area contributed by atoms with Crippen molar-refractivity contribution in [3.05, 3.63) is 0 Å². The molecule has 0 bridgehead atoms. The lowest BCUT2D eigenvalue weighted by Gasteiger charge is -2.21. The van der Waals surface area contributed by atoms with Gasteiger partial charge in [0.15, 0.2) is 12.2 Å². The number of ether oxygens (including phenoxy) is 4. The SMILES string of the molecule is CCCCCCCCCCCCCCCCCCCCCCCCC(=O)O[C@H](COC(=O)CCCCCCCCCCCCC(C)CC)COP(=O)(O)OC[C@@H](O)COP(=O)(O)OC[C@@H](COC(=O)CCCCCCCCC(C)C)OC(=O)CCCCCCCCCC(C)C. The van der Waals surface area contributed by atoms with E-state index in [9.17, 15) is 43.2 Å². The molecule has 0 spiro atoms. The molecule has 0 aliphatic rings. The highest BCUT2D eigenvalue weighted by Crippen LogP contribution is 2.45. The Morgan fingerprint density at radius 3 is 0.800 bits per heavy atom. The minimum Gasteiger partial charge on any atom is -0.462 e. The van der Waals surface area contributed by atoms with Crippen LogP contribution in [0.5, 0.6) is 0 Å². The Hall–Kier alpha value is -1.94. The largest absolute Gasteiger partial charge is 0.472 e. The summed E-state index contributed by atoms with van der Waals surface area (Å²) in [6.07, 6.45) is 53.2. The van der Waals surface area contributed by atoms with E-state index in [1.807, 2.05) is 0 Å². The Labute approximate surface area is 581 Å². The lowest BCUT2D eigenvalue weighted by molar-refractivity contribution is -0.161. The van der Waals surface area contributed by atoms with Crippen molar-refractivity contribution < 1.29 is 80.2 Å². The molecule has 0 aromatic rings. The summed E-state index contributed by atoms with van der Waals surface area (Å²) >= 11 is 0. The van der Waals surface area contributed by atoms with Crippen LogP contribution in [0.25, 0.3) is 0 Å². The number of carbonyl (C=O) groups excluding carboxylic acids is 4. The number of esters is 4. The van der Waals surface area contributed by atoms with Gasteiger partial charge in [0.2, 0.25) is 0 Å². The van der Waals surface area contributed by atoms with Crippen molar-refractivity contribution in [2.75, 3.05) is 39.6 Å². The molecule has 3 N–H and O–H groups in total. The van der Waals surface area contributed by atoms with Gasteiger partial charge in [0, 0.05) is 25.7 Å². The zero-order chi connectivity index (χ0) is 70.1. The van der Waals surface area contributed by atoms with Crippen molar-refractivity contribution in [1.29, 1.82) is 0 Å². The number of hydrogen-bond donors (Lipinski definition) is 3. The molecule has 0 amide bonds. The van der Waals surface area contributed by atoms with Crippen LogP contribution in [0, 0.1) is 17.8 Å². The van der Waals surface area contributed by atoms with E-state index in [1.165, 1.54) is 193 Å². The van der Waals surface area contributed by atoms with E-state index in [4.69, 9.17) is 37.0 Å². The Morgan fingerprint density at radius 1 is 0.305 bits per heavy atom. The van der Waals surface area contributed by atoms with Crippen LogP contribution in [-0.2, 0) is 65.4 Å². The fourth-order valence-corrected chi connectivity index (χ4v) is 13.1. The highest BCUT2D eigenvalue weighted by molar-refractivity contribution is 7.47.